The van der Waals surface area contributed by atoms with Crippen molar-refractivity contribution in [2.75, 3.05) is 0 Å². The predicted molar refractivity (Wildman–Crippen MR) is 86.5 cm³/mol. The molecule has 1 aliphatic carbocycles. The standard InChI is InChI=1S/C18H19FN2O3/c1-18(10-14(11-18)21(23)17(20)22)12-3-2-4-16(9-12)24-15-7-5-13(19)6-8-15/h2-9,14,23H,10-11H2,1H3,(H2,20,22)/t14-,18+. The van der Waals surface area contributed by atoms with Crippen LogP contribution in [0.15, 0.2) is 48.5 Å². The Labute approximate surface area is 139 Å². The van der Waals surface area contributed by atoms with Crippen LogP contribution in [0.1, 0.15) is 25.3 Å². The van der Waals surface area contributed by atoms with Crippen LogP contribution in [0, 0.1) is 5.82 Å². The van der Waals surface area contributed by atoms with Gasteiger partial charge in [0.05, 0.1) is 6.04 Å². The van der Waals surface area contributed by atoms with Gasteiger partial charge >= 0.3 is 6.03 Å². The number of halogens is 1. The number of ether oxygens (including phenoxy) is 1. The molecule has 2 amide bonds. The molecule has 0 bridgehead atoms. The Morgan fingerprint density at radius 1 is 1.25 bits per heavy atom. The van der Waals surface area contributed by atoms with Gasteiger partial charge in [0.2, 0.25) is 0 Å². The van der Waals surface area contributed by atoms with Gasteiger partial charge in [-0.1, -0.05) is 19.1 Å². The number of carbonyl (C=O) groups is 1. The number of primary amides is 1. The molecular formula is C18H19FN2O3. The van der Waals surface area contributed by atoms with E-state index in [0.29, 0.717) is 29.4 Å². The summed E-state index contributed by atoms with van der Waals surface area (Å²) in [5, 5.41) is 10.2. The zero-order valence-electron chi connectivity index (χ0n) is 13.3. The second-order valence-electron chi connectivity index (χ2n) is 6.39. The van der Waals surface area contributed by atoms with Gasteiger partial charge in [0.25, 0.3) is 0 Å². The molecule has 6 heteroatoms. The minimum Gasteiger partial charge on any atom is -0.457 e. The molecule has 0 spiro atoms. The third kappa shape index (κ3) is 3.19. The van der Waals surface area contributed by atoms with Gasteiger partial charge < -0.3 is 10.5 Å². The fourth-order valence-corrected chi connectivity index (χ4v) is 3.14. The third-order valence-corrected chi connectivity index (χ3v) is 4.52. The minimum atomic E-state index is -0.838. The van der Waals surface area contributed by atoms with Crippen molar-refractivity contribution in [3.63, 3.8) is 0 Å². The van der Waals surface area contributed by atoms with Crippen LogP contribution in [0.25, 0.3) is 0 Å². The third-order valence-electron chi connectivity index (χ3n) is 4.52. The molecule has 2 aromatic rings. The van der Waals surface area contributed by atoms with Crippen LogP contribution in [0.5, 0.6) is 11.5 Å². The predicted octanol–water partition coefficient (Wildman–Crippen LogP) is 3.81. The fourth-order valence-electron chi connectivity index (χ4n) is 3.14. The van der Waals surface area contributed by atoms with Gasteiger partial charge in [-0.2, -0.15) is 0 Å². The molecule has 2 aromatic carbocycles. The average Bonchev–Trinajstić information content (AvgIpc) is 2.53. The summed E-state index contributed by atoms with van der Waals surface area (Å²) in [5.74, 6) is 0.895. The molecule has 0 heterocycles. The first-order valence-corrected chi connectivity index (χ1v) is 7.69. The molecule has 0 saturated heterocycles. The molecule has 126 valence electrons. The second kappa shape index (κ2) is 6.13. The van der Waals surface area contributed by atoms with Gasteiger partial charge in [-0.3, -0.25) is 5.21 Å². The van der Waals surface area contributed by atoms with Crippen molar-refractivity contribution in [1.82, 2.24) is 5.06 Å². The lowest BCUT2D eigenvalue weighted by Crippen LogP contribution is -2.54. The first kappa shape index (κ1) is 16.3. The molecule has 0 radical (unpaired) electrons. The van der Waals surface area contributed by atoms with E-state index in [2.05, 4.69) is 6.92 Å². The lowest BCUT2D eigenvalue weighted by molar-refractivity contribution is -0.115. The SMILES string of the molecule is C[C@]1(c2cccc(Oc3ccc(F)cc3)c2)C[C@@H](N(O)C(N)=O)C1. The number of hydroxylamine groups is 2. The number of rotatable bonds is 4. The highest BCUT2D eigenvalue weighted by Crippen LogP contribution is 2.46. The van der Waals surface area contributed by atoms with Gasteiger partial charge in [0, 0.05) is 0 Å². The van der Waals surface area contributed by atoms with E-state index in [1.807, 2.05) is 24.3 Å². The Bertz CT molecular complexity index is 742. The lowest BCUT2D eigenvalue weighted by atomic mass is 9.63. The monoisotopic (exact) mass is 330 g/mol. The molecule has 0 unspecified atom stereocenters. The van der Waals surface area contributed by atoms with Crippen LogP contribution in [0.3, 0.4) is 0 Å². The van der Waals surface area contributed by atoms with Gasteiger partial charge in [-0.25, -0.2) is 14.2 Å². The van der Waals surface area contributed by atoms with E-state index in [9.17, 15) is 14.4 Å². The Kier molecular flexibility index (Phi) is 4.15. The maximum atomic E-state index is 12.9. The Balaban J connectivity index is 1.72. The molecule has 24 heavy (non-hydrogen) atoms. The van der Waals surface area contributed by atoms with E-state index in [-0.39, 0.29) is 17.3 Å². The van der Waals surface area contributed by atoms with Crippen molar-refractivity contribution in [2.24, 2.45) is 5.73 Å². The highest BCUT2D eigenvalue weighted by Gasteiger charge is 2.45. The highest BCUT2D eigenvalue weighted by molar-refractivity contribution is 5.71. The van der Waals surface area contributed by atoms with E-state index < -0.39 is 6.03 Å². The summed E-state index contributed by atoms with van der Waals surface area (Å²) in [6.07, 6.45) is 1.24. The maximum absolute atomic E-state index is 12.9. The normalized spacial score (nSPS) is 22.5. The quantitative estimate of drug-likeness (QED) is 0.661. The molecular weight excluding hydrogens is 311 g/mol. The number of hydrogen-bond donors (Lipinski definition) is 2. The van der Waals surface area contributed by atoms with Gasteiger partial charge in [0.1, 0.15) is 17.3 Å². The van der Waals surface area contributed by atoms with E-state index in [0.717, 1.165) is 5.56 Å². The van der Waals surface area contributed by atoms with E-state index >= 15 is 0 Å². The summed E-state index contributed by atoms with van der Waals surface area (Å²) in [6, 6.07) is 12.3. The summed E-state index contributed by atoms with van der Waals surface area (Å²) >= 11 is 0. The summed E-state index contributed by atoms with van der Waals surface area (Å²) in [4.78, 5) is 11.0. The van der Waals surface area contributed by atoms with Crippen LogP contribution >= 0.6 is 0 Å². The molecule has 0 aromatic heterocycles. The second-order valence-corrected chi connectivity index (χ2v) is 6.39. The Morgan fingerprint density at radius 2 is 1.92 bits per heavy atom. The Hall–Kier alpha value is -2.60. The van der Waals surface area contributed by atoms with Crippen LogP contribution in [0.4, 0.5) is 9.18 Å². The fraction of sp³-hybridized carbons (Fsp3) is 0.278. The number of carbonyl (C=O) groups excluding carboxylic acids is 1. The van der Waals surface area contributed by atoms with Crippen molar-refractivity contribution < 1.29 is 19.1 Å². The Morgan fingerprint density at radius 3 is 2.54 bits per heavy atom. The van der Waals surface area contributed by atoms with Crippen LogP contribution in [0.2, 0.25) is 0 Å². The van der Waals surface area contributed by atoms with Crippen LogP contribution in [-0.4, -0.2) is 22.3 Å². The maximum Gasteiger partial charge on any atom is 0.338 e. The topological polar surface area (TPSA) is 75.8 Å². The first-order chi connectivity index (χ1) is 11.4. The van der Waals surface area contributed by atoms with Crippen LogP contribution < -0.4 is 10.5 Å². The number of benzene rings is 2. The largest absolute Gasteiger partial charge is 0.457 e. The van der Waals surface area contributed by atoms with Crippen molar-refractivity contribution in [1.29, 1.82) is 0 Å². The van der Waals surface area contributed by atoms with Crippen molar-refractivity contribution in [3.05, 3.63) is 59.9 Å². The molecule has 1 saturated carbocycles. The van der Waals surface area contributed by atoms with Gasteiger partial charge in [0.15, 0.2) is 0 Å². The van der Waals surface area contributed by atoms with Crippen LogP contribution in [-0.2, 0) is 5.41 Å². The van der Waals surface area contributed by atoms with E-state index in [4.69, 9.17) is 10.5 Å². The molecule has 3 N–H and O–H groups in total. The average molecular weight is 330 g/mol. The van der Waals surface area contributed by atoms with E-state index in [1.54, 1.807) is 12.1 Å². The van der Waals surface area contributed by atoms with E-state index in [1.165, 1.54) is 12.1 Å². The summed E-state index contributed by atoms with van der Waals surface area (Å²) < 4.78 is 18.7. The van der Waals surface area contributed by atoms with Crippen molar-refractivity contribution in [2.45, 2.75) is 31.2 Å². The van der Waals surface area contributed by atoms with Gasteiger partial charge in [-0.05, 0) is 60.2 Å². The molecule has 0 aliphatic heterocycles. The molecule has 0 atom stereocenters. The molecule has 1 aliphatic rings. The molecule has 3 rings (SSSR count). The number of nitrogens with two attached hydrogens (primary N) is 1. The number of hydrogen-bond acceptors (Lipinski definition) is 3. The highest BCUT2D eigenvalue weighted by atomic mass is 19.1. The number of urea groups is 1. The molecule has 5 nitrogen and oxygen atoms in total. The lowest BCUT2D eigenvalue weighted by Gasteiger charge is -2.47. The van der Waals surface area contributed by atoms with Gasteiger partial charge in [-0.15, -0.1) is 0 Å². The summed E-state index contributed by atoms with van der Waals surface area (Å²) in [5.41, 5.74) is 5.97. The number of amides is 2. The smallest absolute Gasteiger partial charge is 0.338 e. The molecule has 1 fully saturated rings. The summed E-state index contributed by atoms with van der Waals surface area (Å²) in [7, 11) is 0. The minimum absolute atomic E-state index is 0.163. The zero-order chi connectivity index (χ0) is 17.3. The first-order valence-electron chi connectivity index (χ1n) is 7.69. The zero-order valence-corrected chi connectivity index (χ0v) is 13.3. The summed E-state index contributed by atoms with van der Waals surface area (Å²) in [6.45, 7) is 2.06. The van der Waals surface area contributed by atoms with Crippen molar-refractivity contribution >= 4 is 6.03 Å². The number of nitrogens with zero attached hydrogens (tertiary/aromatic N) is 1. The van der Waals surface area contributed by atoms with Crippen molar-refractivity contribution in [3.8, 4) is 11.5 Å².